The van der Waals surface area contributed by atoms with Crippen LogP contribution in [0.4, 0.5) is 0 Å². The van der Waals surface area contributed by atoms with Crippen LogP contribution in [-0.2, 0) is 0 Å². The van der Waals surface area contributed by atoms with Gasteiger partial charge in [0.1, 0.15) is 0 Å². The van der Waals surface area contributed by atoms with Gasteiger partial charge in [-0.3, -0.25) is 0 Å². The summed E-state index contributed by atoms with van der Waals surface area (Å²) >= 11 is 0. The Bertz CT molecular complexity index is 2040. The Labute approximate surface area is 375 Å². The molecule has 2 atom stereocenters. The maximum Gasteiger partial charge on any atom is 0.0120 e. The van der Waals surface area contributed by atoms with Crippen molar-refractivity contribution in [2.75, 3.05) is 0 Å². The summed E-state index contributed by atoms with van der Waals surface area (Å²) in [5.74, 6) is 1.41. The fourth-order valence-corrected chi connectivity index (χ4v) is 8.10. The lowest BCUT2D eigenvalue weighted by Crippen LogP contribution is -2.15. The zero-order chi connectivity index (χ0) is 45.4. The Balaban J connectivity index is 0.000000269. The van der Waals surface area contributed by atoms with Crippen molar-refractivity contribution < 1.29 is 0 Å². The topological polar surface area (TPSA) is 0 Å². The van der Waals surface area contributed by atoms with Gasteiger partial charge in [0, 0.05) is 5.41 Å². The highest BCUT2D eigenvalue weighted by molar-refractivity contribution is 5.65. The monoisotopic (exact) mass is 815 g/mol. The van der Waals surface area contributed by atoms with E-state index in [9.17, 15) is 0 Å². The molecular weight excluding hydrogens is 733 g/mol. The third-order valence-corrected chi connectivity index (χ3v) is 11.9. The maximum atomic E-state index is 4.04. The Morgan fingerprint density at radius 2 is 1.31 bits per heavy atom. The molecule has 0 fully saturated rings. The number of hydrogen-bond donors (Lipinski definition) is 0. The van der Waals surface area contributed by atoms with Crippen LogP contribution in [0, 0.1) is 33.1 Å². The van der Waals surface area contributed by atoms with E-state index in [-0.39, 0.29) is 5.41 Å². The Morgan fingerprint density at radius 1 is 0.738 bits per heavy atom. The molecule has 0 bridgehead atoms. The maximum absolute atomic E-state index is 4.04. The highest BCUT2D eigenvalue weighted by Gasteiger charge is 2.37. The van der Waals surface area contributed by atoms with Crippen LogP contribution in [0.5, 0.6) is 0 Å². The van der Waals surface area contributed by atoms with E-state index < -0.39 is 0 Å². The van der Waals surface area contributed by atoms with Crippen molar-refractivity contribution in [3.63, 3.8) is 0 Å². The van der Waals surface area contributed by atoms with Gasteiger partial charge in [0.25, 0.3) is 0 Å². The van der Waals surface area contributed by atoms with Crippen molar-refractivity contribution in [1.82, 2.24) is 0 Å². The van der Waals surface area contributed by atoms with Crippen LogP contribution < -0.4 is 0 Å². The molecule has 0 radical (unpaired) electrons. The second-order valence-corrected chi connectivity index (χ2v) is 16.9. The third kappa shape index (κ3) is 16.1. The molecule has 0 aliphatic heterocycles. The summed E-state index contributed by atoms with van der Waals surface area (Å²) in [6, 6.07) is 34.1. The Kier molecular flexibility index (Phi) is 23.8. The van der Waals surface area contributed by atoms with E-state index in [2.05, 4.69) is 228 Å². The number of rotatable bonds is 7. The smallest absolute Gasteiger partial charge is 0.0120 e. The minimum Gasteiger partial charge on any atom is -0.0987 e. The van der Waals surface area contributed by atoms with Crippen LogP contribution in [0.2, 0.25) is 0 Å². The molecule has 61 heavy (non-hydrogen) atoms. The molecule has 0 amide bonds. The zero-order valence-corrected chi connectivity index (χ0v) is 41.0. The molecule has 7 rings (SSSR count). The average molecular weight is 815 g/mol. The molecular formula is C61H82. The number of allylic oxidation sites excluding steroid dienone is 11. The van der Waals surface area contributed by atoms with Gasteiger partial charge in [-0.1, -0.05) is 236 Å². The molecule has 4 aromatic rings. The molecule has 0 nitrogen and oxygen atoms in total. The summed E-state index contributed by atoms with van der Waals surface area (Å²) in [5.41, 5.74) is 18.7. The second kappa shape index (κ2) is 27.8. The first-order valence-corrected chi connectivity index (χ1v) is 23.3. The number of fused-ring (bicyclic) bond motifs is 1. The van der Waals surface area contributed by atoms with Crippen molar-refractivity contribution in [3.8, 4) is 0 Å². The van der Waals surface area contributed by atoms with Crippen molar-refractivity contribution >= 4 is 12.2 Å². The van der Waals surface area contributed by atoms with E-state index in [1.807, 2.05) is 20.8 Å². The van der Waals surface area contributed by atoms with Crippen LogP contribution in [0.1, 0.15) is 164 Å². The third-order valence-electron chi connectivity index (χ3n) is 11.9. The lowest BCUT2D eigenvalue weighted by atomic mass is 9.76. The summed E-state index contributed by atoms with van der Waals surface area (Å²) < 4.78 is 0. The number of hydrogen-bond acceptors (Lipinski definition) is 0. The minimum absolute atomic E-state index is 0.153. The lowest BCUT2D eigenvalue weighted by molar-refractivity contribution is 0.531. The van der Waals surface area contributed by atoms with Gasteiger partial charge in [-0.05, 0) is 136 Å². The van der Waals surface area contributed by atoms with E-state index in [1.54, 1.807) is 11.1 Å². The van der Waals surface area contributed by atoms with Gasteiger partial charge in [-0.25, -0.2) is 0 Å². The van der Waals surface area contributed by atoms with Crippen molar-refractivity contribution in [1.29, 1.82) is 0 Å². The molecule has 326 valence electrons. The first-order valence-electron chi connectivity index (χ1n) is 23.3. The van der Waals surface area contributed by atoms with Crippen LogP contribution in [0.25, 0.3) is 12.2 Å². The first kappa shape index (κ1) is 52.2. The molecule has 0 saturated carbocycles. The van der Waals surface area contributed by atoms with Crippen LogP contribution in [-0.4, -0.2) is 0 Å². The highest BCUT2D eigenvalue weighted by atomic mass is 14.4. The molecule has 4 aromatic carbocycles. The average Bonchev–Trinajstić information content (AvgIpc) is 3.49. The fourth-order valence-electron chi connectivity index (χ4n) is 8.10. The predicted octanol–water partition coefficient (Wildman–Crippen LogP) is 19.0. The Morgan fingerprint density at radius 3 is 1.84 bits per heavy atom. The molecule has 2 unspecified atom stereocenters. The second-order valence-electron chi connectivity index (χ2n) is 16.9. The van der Waals surface area contributed by atoms with Gasteiger partial charge < -0.3 is 0 Å². The molecule has 3 aliphatic rings. The zero-order valence-electron chi connectivity index (χ0n) is 41.0. The van der Waals surface area contributed by atoms with Crippen LogP contribution >= 0.6 is 0 Å². The van der Waals surface area contributed by atoms with Crippen molar-refractivity contribution in [2.45, 2.75) is 147 Å². The summed E-state index contributed by atoms with van der Waals surface area (Å²) in [6.07, 6.45) is 25.0. The van der Waals surface area contributed by atoms with Crippen molar-refractivity contribution in [3.05, 3.63) is 212 Å². The molecule has 3 aliphatic carbocycles. The molecule has 0 N–H and O–H groups in total. The summed E-state index contributed by atoms with van der Waals surface area (Å²) in [4.78, 5) is 0. The molecule has 0 heterocycles. The van der Waals surface area contributed by atoms with E-state index in [0.29, 0.717) is 11.8 Å². The Hall–Kier alpha value is -4.94. The molecule has 0 aromatic heterocycles. The molecule has 0 heteroatoms. The van der Waals surface area contributed by atoms with Gasteiger partial charge in [-0.15, -0.1) is 0 Å². The first-order chi connectivity index (χ1) is 29.3. The van der Waals surface area contributed by atoms with Crippen molar-refractivity contribution in [2.24, 2.45) is 5.41 Å². The van der Waals surface area contributed by atoms with Gasteiger partial charge in [0.15, 0.2) is 0 Å². The van der Waals surface area contributed by atoms with Gasteiger partial charge in [-0.2, -0.15) is 0 Å². The lowest BCUT2D eigenvalue weighted by Gasteiger charge is -2.28. The largest absolute Gasteiger partial charge is 0.0987 e. The normalized spacial score (nSPS) is 16.1. The summed E-state index contributed by atoms with van der Waals surface area (Å²) in [6.45, 7) is 34.4. The SMILES string of the molecule is C/C=C\c1c(C)cccc1C.C=CC1=C(/C=C\C)C2=C(CCC(CCC)=C2)C1(C)C.CC.CC1CC=Cc2ccccc21.CCC(C)c1ccccc1.Cc1ccc(C)cc1. The standard InChI is InChI=1S/C19H26.C11H12.C11H14.C10H14.C8H10.C2H6/c1-6-9-14-11-12-18-16(13-14)15(10-7-2)17(8-3)19(18,4)5;1-9-5-4-7-10-6-2-3-8-11(9)10;1-4-6-11-9(2)7-5-8-10(11)3;1-3-9(2)10-7-5-4-6-8-10;1-7-3-5-8(2)6-4-7;1-2/h7-8,10,13H,3,6,9,11-12H2,1-2,4-5H3;2-4,6-9H,5H2,1H3;4-8H,1-3H3;4-9H,3H2,1-2H3;3-6H,1-2H3;1-2H3/b10-7-;;6-4-;;;. The molecule has 0 spiro atoms. The number of aryl methyl sites for hydroxylation is 4. The number of benzene rings is 4. The quantitative estimate of drug-likeness (QED) is 0.174. The molecule has 0 saturated heterocycles. The van der Waals surface area contributed by atoms with E-state index in [1.165, 1.54) is 99.8 Å². The minimum atomic E-state index is 0.153. The van der Waals surface area contributed by atoms with Crippen LogP contribution in [0.15, 0.2) is 168 Å². The fraction of sp³-hybridized carbons (Fsp3) is 0.377. The predicted molar refractivity (Wildman–Crippen MR) is 277 cm³/mol. The van der Waals surface area contributed by atoms with E-state index in [0.717, 1.165) is 0 Å². The summed E-state index contributed by atoms with van der Waals surface area (Å²) in [5, 5.41) is 0. The van der Waals surface area contributed by atoms with Crippen LogP contribution in [0.3, 0.4) is 0 Å². The van der Waals surface area contributed by atoms with Gasteiger partial charge >= 0.3 is 0 Å². The van der Waals surface area contributed by atoms with E-state index >= 15 is 0 Å². The summed E-state index contributed by atoms with van der Waals surface area (Å²) in [7, 11) is 0. The van der Waals surface area contributed by atoms with Gasteiger partial charge in [0.05, 0.1) is 0 Å². The van der Waals surface area contributed by atoms with Gasteiger partial charge in [0.2, 0.25) is 0 Å². The highest BCUT2D eigenvalue weighted by Crippen LogP contribution is 2.52. The van der Waals surface area contributed by atoms with E-state index in [4.69, 9.17) is 0 Å².